The van der Waals surface area contributed by atoms with E-state index in [1.807, 2.05) is 22.6 Å². The number of methoxy groups -OCH3 is 1. The molecular weight excluding hydrogens is 409 g/mol. The number of carbonyl (C=O) groups excluding carboxylic acids is 2. The second kappa shape index (κ2) is 6.54. The first-order valence-corrected chi connectivity index (χ1v) is 7.63. The minimum absolute atomic E-state index is 0.252. The Hall–Kier alpha value is -1.14. The molecule has 0 aliphatic carbocycles. The van der Waals surface area contributed by atoms with E-state index in [1.165, 1.54) is 12.0 Å². The number of carbonyl (C=O) groups is 2. The molecule has 2 aliphatic heterocycles. The molecule has 0 aromatic rings. The van der Waals surface area contributed by atoms with E-state index in [0.717, 1.165) is 0 Å². The first-order chi connectivity index (χ1) is 10.4. The van der Waals surface area contributed by atoms with Crippen LogP contribution in [0.3, 0.4) is 0 Å². The van der Waals surface area contributed by atoms with E-state index in [1.54, 1.807) is 6.92 Å². The van der Waals surface area contributed by atoms with Crippen molar-refractivity contribution in [1.29, 1.82) is 5.53 Å². The summed E-state index contributed by atoms with van der Waals surface area (Å²) in [4.78, 5) is 28.4. The predicted molar refractivity (Wildman–Crippen MR) is 80.0 cm³/mol. The number of aliphatic hydroxyl groups excluding tert-OH is 1. The predicted octanol–water partition coefficient (Wildman–Crippen LogP) is -0.269. The van der Waals surface area contributed by atoms with E-state index in [-0.39, 0.29) is 13.0 Å². The van der Waals surface area contributed by atoms with Crippen molar-refractivity contribution >= 4 is 34.5 Å². The van der Waals surface area contributed by atoms with Gasteiger partial charge >= 0.3 is 6.03 Å². The number of imide groups is 1. The molecule has 11 heteroatoms. The summed E-state index contributed by atoms with van der Waals surface area (Å²) >= 11 is 1.92. The Morgan fingerprint density at radius 3 is 2.91 bits per heavy atom. The van der Waals surface area contributed by atoms with Gasteiger partial charge in [-0.3, -0.25) is 15.0 Å². The van der Waals surface area contributed by atoms with Gasteiger partial charge in [-0.1, -0.05) is 22.6 Å². The van der Waals surface area contributed by atoms with E-state index >= 15 is 0 Å². The highest BCUT2D eigenvalue weighted by atomic mass is 127. The third-order valence-corrected chi connectivity index (χ3v) is 4.76. The van der Waals surface area contributed by atoms with E-state index in [9.17, 15) is 14.7 Å². The number of rotatable bonds is 4. The molecule has 0 bridgehead atoms. The number of halogens is 1. The van der Waals surface area contributed by atoms with Crippen LogP contribution in [0.1, 0.15) is 13.3 Å². The van der Waals surface area contributed by atoms with Gasteiger partial charge in [-0.2, -0.15) is 0 Å². The zero-order chi connectivity index (χ0) is 16.5. The second-order valence-electron chi connectivity index (χ2n) is 5.16. The normalized spacial score (nSPS) is 38.6. The highest BCUT2D eigenvalue weighted by Gasteiger charge is 2.54. The molecular formula is C11H17IN5O5+. The van der Waals surface area contributed by atoms with Crippen LogP contribution in [0.2, 0.25) is 0 Å². The molecule has 3 amide bonds. The number of ether oxygens (including phenoxy) is 2. The largest absolute Gasteiger partial charge is 0.394 e. The van der Waals surface area contributed by atoms with Crippen molar-refractivity contribution in [3.8, 4) is 0 Å². The summed E-state index contributed by atoms with van der Waals surface area (Å²) in [6.45, 7) is 1.34. The van der Waals surface area contributed by atoms with Crippen LogP contribution in [-0.2, 0) is 14.3 Å². The van der Waals surface area contributed by atoms with Gasteiger partial charge < -0.3 is 14.6 Å². The van der Waals surface area contributed by atoms with Gasteiger partial charge in [-0.15, -0.1) is 0 Å². The minimum atomic E-state index is -0.993. The third-order valence-electron chi connectivity index (χ3n) is 3.74. The Kier molecular flexibility index (Phi) is 5.12. The Labute approximate surface area is 139 Å². The van der Waals surface area contributed by atoms with Crippen LogP contribution in [0.25, 0.3) is 0 Å². The van der Waals surface area contributed by atoms with Gasteiger partial charge in [-0.25, -0.2) is 4.79 Å². The average Bonchev–Trinajstić information content (AvgIpc) is 2.85. The van der Waals surface area contributed by atoms with Crippen molar-refractivity contribution in [2.75, 3.05) is 13.7 Å². The van der Waals surface area contributed by atoms with Crippen LogP contribution in [0, 0.1) is 5.53 Å². The number of urea groups is 1. The molecule has 10 nitrogen and oxygen atoms in total. The standard InChI is InChI=1S/C11H16IN5O5/c1-11(12)8(19)14-10(20)17(9(11)21-2)7-3-5(15-16-13)6(4-18)22-7/h5-7,9,13,18H,3-4H2,1-2H3/p+1. The summed E-state index contributed by atoms with van der Waals surface area (Å²) in [6, 6.07) is -1.16. The fourth-order valence-electron chi connectivity index (χ4n) is 2.63. The number of alkyl halides is 1. The maximum atomic E-state index is 12.2. The quantitative estimate of drug-likeness (QED) is 0.246. The van der Waals surface area contributed by atoms with Gasteiger partial charge in [0.25, 0.3) is 0 Å². The molecule has 2 aliphatic rings. The Morgan fingerprint density at radius 1 is 1.68 bits per heavy atom. The zero-order valence-corrected chi connectivity index (χ0v) is 14.2. The zero-order valence-electron chi connectivity index (χ0n) is 12.0. The molecule has 122 valence electrons. The van der Waals surface area contributed by atoms with Crippen LogP contribution in [-0.4, -0.2) is 63.7 Å². The minimum Gasteiger partial charge on any atom is -0.394 e. The second-order valence-corrected chi connectivity index (χ2v) is 7.40. The van der Waals surface area contributed by atoms with Crippen molar-refractivity contribution in [3.63, 3.8) is 0 Å². The molecule has 0 radical (unpaired) electrons. The molecule has 2 fully saturated rings. The van der Waals surface area contributed by atoms with Gasteiger partial charge in [0, 0.05) is 13.5 Å². The molecule has 5 unspecified atom stereocenters. The van der Waals surface area contributed by atoms with Gasteiger partial charge in [0.05, 0.1) is 6.61 Å². The molecule has 0 spiro atoms. The summed E-state index contributed by atoms with van der Waals surface area (Å²) in [5.41, 5.74) is 6.81. The third kappa shape index (κ3) is 2.86. The van der Waals surface area contributed by atoms with E-state index < -0.39 is 40.0 Å². The fourth-order valence-corrected chi connectivity index (χ4v) is 3.32. The van der Waals surface area contributed by atoms with Crippen LogP contribution < -0.4 is 10.2 Å². The summed E-state index contributed by atoms with van der Waals surface area (Å²) in [6.07, 6.45) is -1.98. The molecule has 2 rings (SSSR count). The molecule has 5 atom stereocenters. The lowest BCUT2D eigenvalue weighted by atomic mass is 10.0. The average molecular weight is 426 g/mol. The number of amides is 3. The van der Waals surface area contributed by atoms with Gasteiger partial charge in [-0.05, 0) is 6.92 Å². The van der Waals surface area contributed by atoms with Crippen LogP contribution in [0.5, 0.6) is 0 Å². The summed E-state index contributed by atoms with van der Waals surface area (Å²) < 4.78 is 9.98. The monoisotopic (exact) mass is 426 g/mol. The van der Waals surface area contributed by atoms with E-state index in [0.29, 0.717) is 0 Å². The molecule has 3 N–H and O–H groups in total. The maximum absolute atomic E-state index is 12.2. The Morgan fingerprint density at radius 2 is 2.36 bits per heavy atom. The van der Waals surface area contributed by atoms with Crippen molar-refractivity contribution in [2.45, 2.75) is 41.4 Å². The van der Waals surface area contributed by atoms with Crippen molar-refractivity contribution in [2.24, 2.45) is 5.11 Å². The smallest absolute Gasteiger partial charge is 0.328 e. The van der Waals surface area contributed by atoms with Crippen molar-refractivity contribution < 1.29 is 24.2 Å². The number of hydrogen-bond donors (Lipinski definition) is 3. The first kappa shape index (κ1) is 17.2. The molecule has 2 heterocycles. The van der Waals surface area contributed by atoms with Gasteiger partial charge in [0.1, 0.15) is 26.4 Å². The topological polar surface area (TPSA) is 138 Å². The summed E-state index contributed by atoms with van der Waals surface area (Å²) in [5.74, 6) is -0.444. The van der Waals surface area contributed by atoms with Gasteiger partial charge in [0.15, 0.2) is 12.3 Å². The Balaban J connectivity index is 2.28. The number of aliphatic hydroxyl groups is 1. The summed E-state index contributed by atoms with van der Waals surface area (Å²) in [7, 11) is 1.40. The van der Waals surface area contributed by atoms with E-state index in [4.69, 9.17) is 15.0 Å². The van der Waals surface area contributed by atoms with E-state index in [2.05, 4.69) is 15.3 Å². The maximum Gasteiger partial charge on any atom is 0.328 e. The molecule has 0 saturated carbocycles. The SMILES string of the molecule is COC1N(C2CC(N=[N+]=N)C(CO)O2)C(=O)NC(=O)C1(C)I. The lowest BCUT2D eigenvalue weighted by Crippen LogP contribution is -2.69. The Bertz CT molecular complexity index is 523. The van der Waals surface area contributed by atoms with Crippen LogP contribution in [0.4, 0.5) is 4.79 Å². The first-order valence-electron chi connectivity index (χ1n) is 6.55. The number of hydrogen-bond acceptors (Lipinski definition) is 7. The van der Waals surface area contributed by atoms with Crippen LogP contribution in [0.15, 0.2) is 5.11 Å². The van der Waals surface area contributed by atoms with Crippen molar-refractivity contribution in [1.82, 2.24) is 15.1 Å². The van der Waals surface area contributed by atoms with Gasteiger partial charge in [0.2, 0.25) is 10.8 Å². The lowest BCUT2D eigenvalue weighted by molar-refractivity contribution is -0.151. The fraction of sp³-hybridized carbons (Fsp3) is 0.818. The summed E-state index contributed by atoms with van der Waals surface area (Å²) in [5, 5.41) is 15.3. The highest BCUT2D eigenvalue weighted by Crippen LogP contribution is 2.36. The van der Waals surface area contributed by atoms with Crippen molar-refractivity contribution in [3.05, 3.63) is 0 Å². The number of nitrogens with one attached hydrogen (secondary N) is 2. The molecule has 0 aromatic heterocycles. The molecule has 0 aromatic carbocycles. The van der Waals surface area contributed by atoms with Crippen LogP contribution >= 0.6 is 22.6 Å². The highest BCUT2D eigenvalue weighted by molar-refractivity contribution is 14.1. The molecule has 2 saturated heterocycles. The lowest BCUT2D eigenvalue weighted by Gasteiger charge is -2.44. The number of nitrogens with zero attached hydrogens (tertiary/aromatic N) is 3. The molecule has 22 heavy (non-hydrogen) atoms.